The number of hydrogen-bond donors (Lipinski definition) is 1. The smallest absolute Gasteiger partial charge is 0.229 e. The van der Waals surface area contributed by atoms with Crippen LogP contribution in [0.1, 0.15) is 11.3 Å². The fourth-order valence-corrected chi connectivity index (χ4v) is 3.19. The second kappa shape index (κ2) is 7.57. The largest absolute Gasteiger partial charge is 0.353 e. The van der Waals surface area contributed by atoms with Gasteiger partial charge in [-0.25, -0.2) is 15.0 Å². The van der Waals surface area contributed by atoms with E-state index in [1.807, 2.05) is 37.3 Å². The van der Waals surface area contributed by atoms with Crippen LogP contribution in [-0.2, 0) is 0 Å². The first kappa shape index (κ1) is 17.2. The fourth-order valence-electron chi connectivity index (χ4n) is 3.19. The number of rotatable bonds is 4. The van der Waals surface area contributed by atoms with Crippen LogP contribution < -0.4 is 15.1 Å². The summed E-state index contributed by atoms with van der Waals surface area (Å²) in [4.78, 5) is 22.5. The molecule has 3 heterocycles. The van der Waals surface area contributed by atoms with Crippen molar-refractivity contribution in [2.75, 3.05) is 41.3 Å². The molecule has 1 aliphatic rings. The average Bonchev–Trinajstić information content (AvgIpc) is 2.70. The van der Waals surface area contributed by atoms with Crippen molar-refractivity contribution in [2.24, 2.45) is 0 Å². The number of aromatic nitrogens is 4. The van der Waals surface area contributed by atoms with Gasteiger partial charge in [0.25, 0.3) is 0 Å². The van der Waals surface area contributed by atoms with Crippen LogP contribution in [0.25, 0.3) is 0 Å². The van der Waals surface area contributed by atoms with Gasteiger partial charge in [0.1, 0.15) is 5.82 Å². The minimum absolute atomic E-state index is 0.633. The van der Waals surface area contributed by atoms with E-state index in [1.54, 1.807) is 12.4 Å². The van der Waals surface area contributed by atoms with E-state index >= 15 is 0 Å². The fraction of sp³-hybridized carbons (Fsp3) is 0.300. The second-order valence-corrected chi connectivity index (χ2v) is 6.65. The van der Waals surface area contributed by atoms with E-state index in [0.29, 0.717) is 5.95 Å². The summed E-state index contributed by atoms with van der Waals surface area (Å²) < 4.78 is 0. The van der Waals surface area contributed by atoms with Crippen molar-refractivity contribution >= 4 is 23.4 Å². The molecule has 2 aromatic heterocycles. The zero-order valence-electron chi connectivity index (χ0n) is 15.6. The molecule has 3 aromatic rings. The summed E-state index contributed by atoms with van der Waals surface area (Å²) in [6.07, 6.45) is 3.57. The lowest BCUT2D eigenvalue weighted by molar-refractivity contribution is 0.634. The number of para-hydroxylation sites is 1. The van der Waals surface area contributed by atoms with Gasteiger partial charge in [0.15, 0.2) is 0 Å². The summed E-state index contributed by atoms with van der Waals surface area (Å²) in [7, 11) is 0. The highest BCUT2D eigenvalue weighted by atomic mass is 15.3. The number of nitrogens with zero attached hydrogens (tertiary/aromatic N) is 6. The molecule has 0 bridgehead atoms. The Morgan fingerprint density at radius 1 is 0.852 bits per heavy atom. The van der Waals surface area contributed by atoms with Crippen molar-refractivity contribution in [1.82, 2.24) is 19.9 Å². The van der Waals surface area contributed by atoms with Crippen molar-refractivity contribution in [2.45, 2.75) is 13.8 Å². The van der Waals surface area contributed by atoms with Gasteiger partial charge in [-0.2, -0.15) is 4.98 Å². The lowest BCUT2D eigenvalue weighted by atomic mass is 10.2. The standard InChI is InChI=1S/C20H23N7/c1-15-6-3-4-7-17(15)24-19-23-16(2)14-18(25-19)26-10-12-27(13-11-26)20-21-8-5-9-22-20/h3-9,14H,10-13H2,1-2H3,(H,23,24,25). The summed E-state index contributed by atoms with van der Waals surface area (Å²) >= 11 is 0. The Labute approximate surface area is 159 Å². The highest BCUT2D eigenvalue weighted by molar-refractivity contribution is 5.59. The van der Waals surface area contributed by atoms with Crippen LogP contribution in [0.5, 0.6) is 0 Å². The maximum Gasteiger partial charge on any atom is 0.229 e. The number of benzene rings is 1. The van der Waals surface area contributed by atoms with Gasteiger partial charge in [-0.15, -0.1) is 0 Å². The highest BCUT2D eigenvalue weighted by Gasteiger charge is 2.20. The molecular weight excluding hydrogens is 338 g/mol. The Hall–Kier alpha value is -3.22. The third kappa shape index (κ3) is 3.97. The summed E-state index contributed by atoms with van der Waals surface area (Å²) in [5.41, 5.74) is 3.14. The van der Waals surface area contributed by atoms with Gasteiger partial charge < -0.3 is 15.1 Å². The molecule has 4 rings (SSSR count). The van der Waals surface area contributed by atoms with E-state index in [4.69, 9.17) is 4.98 Å². The van der Waals surface area contributed by atoms with E-state index in [2.05, 4.69) is 43.1 Å². The molecule has 1 aliphatic heterocycles. The van der Waals surface area contributed by atoms with E-state index in [9.17, 15) is 0 Å². The number of aryl methyl sites for hydroxylation is 2. The maximum atomic E-state index is 4.75. The molecule has 0 saturated carbocycles. The third-order valence-corrected chi connectivity index (χ3v) is 4.67. The number of anilines is 4. The normalized spacial score (nSPS) is 14.3. The lowest BCUT2D eigenvalue weighted by Crippen LogP contribution is -2.47. The van der Waals surface area contributed by atoms with Gasteiger partial charge in [0, 0.05) is 56.0 Å². The van der Waals surface area contributed by atoms with Gasteiger partial charge >= 0.3 is 0 Å². The minimum atomic E-state index is 0.633. The van der Waals surface area contributed by atoms with Crippen LogP contribution in [0.15, 0.2) is 48.8 Å². The molecule has 1 N–H and O–H groups in total. The topological polar surface area (TPSA) is 70.1 Å². The first-order valence-corrected chi connectivity index (χ1v) is 9.14. The molecule has 27 heavy (non-hydrogen) atoms. The molecule has 0 spiro atoms. The monoisotopic (exact) mass is 361 g/mol. The molecule has 7 nitrogen and oxygen atoms in total. The molecule has 0 unspecified atom stereocenters. The van der Waals surface area contributed by atoms with E-state index in [-0.39, 0.29) is 0 Å². The van der Waals surface area contributed by atoms with Crippen LogP contribution >= 0.6 is 0 Å². The van der Waals surface area contributed by atoms with Gasteiger partial charge in [0.2, 0.25) is 11.9 Å². The molecule has 138 valence electrons. The summed E-state index contributed by atoms with van der Waals surface area (Å²) in [6, 6.07) is 12.0. The Morgan fingerprint density at radius 3 is 2.30 bits per heavy atom. The molecule has 1 saturated heterocycles. The van der Waals surface area contributed by atoms with Crippen molar-refractivity contribution in [3.63, 3.8) is 0 Å². The molecule has 0 atom stereocenters. The van der Waals surface area contributed by atoms with Crippen molar-refractivity contribution < 1.29 is 0 Å². The van der Waals surface area contributed by atoms with Crippen LogP contribution in [0.3, 0.4) is 0 Å². The minimum Gasteiger partial charge on any atom is -0.353 e. The van der Waals surface area contributed by atoms with Crippen LogP contribution in [-0.4, -0.2) is 46.1 Å². The zero-order valence-corrected chi connectivity index (χ0v) is 15.6. The lowest BCUT2D eigenvalue weighted by Gasteiger charge is -2.35. The van der Waals surface area contributed by atoms with Gasteiger partial charge in [0.05, 0.1) is 0 Å². The summed E-state index contributed by atoms with van der Waals surface area (Å²) in [6.45, 7) is 7.56. The SMILES string of the molecule is Cc1cc(N2CCN(c3ncccn3)CC2)nc(Nc2ccccc2C)n1. The van der Waals surface area contributed by atoms with E-state index < -0.39 is 0 Å². The van der Waals surface area contributed by atoms with Crippen LogP contribution in [0.4, 0.5) is 23.4 Å². The maximum absolute atomic E-state index is 4.75. The number of nitrogens with one attached hydrogen (secondary N) is 1. The van der Waals surface area contributed by atoms with Crippen molar-refractivity contribution in [1.29, 1.82) is 0 Å². The first-order valence-electron chi connectivity index (χ1n) is 9.14. The molecule has 0 aliphatic carbocycles. The predicted octanol–water partition coefficient (Wildman–Crippen LogP) is 2.95. The highest BCUT2D eigenvalue weighted by Crippen LogP contribution is 2.22. The quantitative estimate of drug-likeness (QED) is 0.766. The molecule has 1 aromatic carbocycles. The predicted molar refractivity (Wildman–Crippen MR) is 108 cm³/mol. The molecule has 0 radical (unpaired) electrons. The second-order valence-electron chi connectivity index (χ2n) is 6.65. The molecule has 1 fully saturated rings. The van der Waals surface area contributed by atoms with Crippen molar-refractivity contribution in [3.8, 4) is 0 Å². The van der Waals surface area contributed by atoms with Gasteiger partial charge in [-0.1, -0.05) is 18.2 Å². The Balaban J connectivity index is 1.48. The number of hydrogen-bond acceptors (Lipinski definition) is 7. The Morgan fingerprint density at radius 2 is 1.56 bits per heavy atom. The third-order valence-electron chi connectivity index (χ3n) is 4.67. The van der Waals surface area contributed by atoms with E-state index in [0.717, 1.165) is 49.3 Å². The first-order chi connectivity index (χ1) is 13.2. The van der Waals surface area contributed by atoms with E-state index in [1.165, 1.54) is 5.56 Å². The van der Waals surface area contributed by atoms with Gasteiger partial charge in [-0.3, -0.25) is 0 Å². The Kier molecular flexibility index (Phi) is 4.82. The molecule has 0 amide bonds. The zero-order chi connectivity index (χ0) is 18.6. The molecule has 7 heteroatoms. The average molecular weight is 361 g/mol. The van der Waals surface area contributed by atoms with Crippen LogP contribution in [0, 0.1) is 13.8 Å². The van der Waals surface area contributed by atoms with Crippen LogP contribution in [0.2, 0.25) is 0 Å². The summed E-state index contributed by atoms with van der Waals surface area (Å²) in [5.74, 6) is 2.37. The molecular formula is C20H23N7. The van der Waals surface area contributed by atoms with Crippen molar-refractivity contribution in [3.05, 3.63) is 60.0 Å². The summed E-state index contributed by atoms with van der Waals surface area (Å²) in [5, 5.41) is 3.35. The number of piperazine rings is 1. The van der Waals surface area contributed by atoms with Gasteiger partial charge in [-0.05, 0) is 31.5 Å². The Bertz CT molecular complexity index is 905.